The Morgan fingerprint density at radius 1 is 1.75 bits per heavy atom. The first-order chi connectivity index (χ1) is 5.61. The number of hydrogen-bond donors (Lipinski definition) is 0. The molecule has 12 heavy (non-hydrogen) atoms. The largest absolute Gasteiger partial charge is 0.275 e. The predicted molar refractivity (Wildman–Crippen MR) is 51.3 cm³/mol. The lowest BCUT2D eigenvalue weighted by molar-refractivity contribution is -0.168. The summed E-state index contributed by atoms with van der Waals surface area (Å²) in [5.41, 5.74) is 0. The third-order valence-electron chi connectivity index (χ3n) is 1.33. The zero-order valence-corrected chi connectivity index (χ0v) is 8.64. The molecule has 1 amide bonds. The van der Waals surface area contributed by atoms with Crippen molar-refractivity contribution in [1.82, 2.24) is 9.73 Å². The van der Waals surface area contributed by atoms with E-state index < -0.39 is 0 Å². The summed E-state index contributed by atoms with van der Waals surface area (Å²) in [5, 5.41) is 1.19. The highest BCUT2D eigenvalue weighted by Crippen LogP contribution is 1.98. The van der Waals surface area contributed by atoms with Gasteiger partial charge in [-0.25, -0.2) is 5.06 Å². The van der Waals surface area contributed by atoms with Crippen LogP contribution in [0.1, 0.15) is 0 Å². The number of rotatable bonds is 5. The molecule has 0 N–H and O–H groups in total. The van der Waals surface area contributed by atoms with Gasteiger partial charge >= 0.3 is 0 Å². The molecule has 5 heteroatoms. The summed E-state index contributed by atoms with van der Waals surface area (Å²) in [6.45, 7) is 4.53. The van der Waals surface area contributed by atoms with Crippen LogP contribution in [0.4, 0.5) is 0 Å². The van der Waals surface area contributed by atoms with Crippen molar-refractivity contribution in [3.63, 3.8) is 0 Å². The highest BCUT2D eigenvalue weighted by atomic mass is 31.0. The molecule has 0 aromatic heterocycles. The van der Waals surface area contributed by atoms with Crippen molar-refractivity contribution in [3.05, 3.63) is 12.7 Å². The molecule has 1 unspecified atom stereocenters. The van der Waals surface area contributed by atoms with E-state index in [0.29, 0.717) is 13.1 Å². The van der Waals surface area contributed by atoms with Gasteiger partial charge in [0.1, 0.15) is 0 Å². The molecule has 0 rings (SSSR count). The molecule has 0 aliphatic rings. The molecule has 0 fully saturated rings. The maximum Gasteiger partial charge on any atom is 0.260 e. The van der Waals surface area contributed by atoms with Gasteiger partial charge in [0.2, 0.25) is 0 Å². The van der Waals surface area contributed by atoms with Gasteiger partial charge in [-0.15, -0.1) is 6.58 Å². The van der Waals surface area contributed by atoms with E-state index >= 15 is 0 Å². The van der Waals surface area contributed by atoms with E-state index in [0.717, 1.165) is 0 Å². The van der Waals surface area contributed by atoms with Crippen molar-refractivity contribution in [3.8, 4) is 0 Å². The molecule has 4 nitrogen and oxygen atoms in total. The topological polar surface area (TPSA) is 32.8 Å². The van der Waals surface area contributed by atoms with Gasteiger partial charge in [-0.2, -0.15) is 0 Å². The molecular formula is C7H15N2O2P. The summed E-state index contributed by atoms with van der Waals surface area (Å²) in [4.78, 5) is 15.9. The van der Waals surface area contributed by atoms with Crippen molar-refractivity contribution >= 4 is 15.3 Å². The minimum atomic E-state index is -0.0886. The fourth-order valence-electron chi connectivity index (χ4n) is 0.606. The third kappa shape index (κ3) is 4.44. The lowest BCUT2D eigenvalue weighted by atomic mass is 10.5. The number of likely N-dealkylation sites (N-methyl/N-ethyl adjacent to an activating group) is 1. The Morgan fingerprint density at radius 3 is 2.75 bits per heavy atom. The van der Waals surface area contributed by atoms with Crippen LogP contribution in [0.15, 0.2) is 12.7 Å². The Bertz CT molecular complexity index is 163. The monoisotopic (exact) mass is 190 g/mol. The maximum atomic E-state index is 11.2. The second-order valence-corrected chi connectivity index (χ2v) is 3.02. The summed E-state index contributed by atoms with van der Waals surface area (Å²) >= 11 is 0. The molecule has 0 aliphatic carbocycles. The molecule has 0 spiro atoms. The Kier molecular flexibility index (Phi) is 5.89. The average molecular weight is 190 g/mol. The van der Waals surface area contributed by atoms with Crippen LogP contribution in [-0.4, -0.2) is 42.9 Å². The summed E-state index contributed by atoms with van der Waals surface area (Å²) in [6, 6.07) is 0. The van der Waals surface area contributed by atoms with Gasteiger partial charge in [0.15, 0.2) is 0 Å². The van der Waals surface area contributed by atoms with Crippen molar-refractivity contribution < 1.29 is 9.63 Å². The summed E-state index contributed by atoms with van der Waals surface area (Å²) in [6.07, 6.45) is 1.73. The molecular weight excluding hydrogens is 175 g/mol. The quantitative estimate of drug-likeness (QED) is 0.355. The van der Waals surface area contributed by atoms with Crippen molar-refractivity contribution in [2.45, 2.75) is 0 Å². The Balaban J connectivity index is 3.75. The number of carbonyl (C=O) groups is 1. The second kappa shape index (κ2) is 6.12. The minimum absolute atomic E-state index is 0.0886. The standard InChI is InChI=1S/C7H15N2O2P/c1-4-5-9(12)6-7(10)8(2)11-3/h4H,1,5-6,12H2,2-3H3. The molecule has 70 valence electrons. The van der Waals surface area contributed by atoms with Crippen LogP contribution < -0.4 is 0 Å². The highest BCUT2D eigenvalue weighted by molar-refractivity contribution is 7.13. The van der Waals surface area contributed by atoms with E-state index in [2.05, 4.69) is 16.0 Å². The summed E-state index contributed by atoms with van der Waals surface area (Å²) in [5.74, 6) is -0.0886. The average Bonchev–Trinajstić information content (AvgIpc) is 2.03. The first-order valence-corrected chi connectivity index (χ1v) is 4.04. The van der Waals surface area contributed by atoms with Crippen LogP contribution in [0, 0.1) is 0 Å². The predicted octanol–water partition coefficient (Wildman–Crippen LogP) is 0.284. The lowest BCUT2D eigenvalue weighted by Crippen LogP contribution is -2.33. The Morgan fingerprint density at radius 2 is 2.33 bits per heavy atom. The summed E-state index contributed by atoms with van der Waals surface area (Å²) < 4.78 is 1.77. The van der Waals surface area contributed by atoms with E-state index in [1.807, 2.05) is 0 Å². The van der Waals surface area contributed by atoms with Gasteiger partial charge in [0.05, 0.1) is 13.7 Å². The van der Waals surface area contributed by atoms with Gasteiger partial charge in [0, 0.05) is 13.6 Å². The number of carbonyl (C=O) groups excluding carboxylic acids is 1. The lowest BCUT2D eigenvalue weighted by Gasteiger charge is -2.18. The van der Waals surface area contributed by atoms with Crippen LogP contribution in [0.25, 0.3) is 0 Å². The van der Waals surface area contributed by atoms with Crippen molar-refractivity contribution in [2.24, 2.45) is 0 Å². The SMILES string of the molecule is C=CCN(P)CC(=O)N(C)OC. The number of amides is 1. The zero-order chi connectivity index (χ0) is 9.56. The molecule has 0 aromatic carbocycles. The molecule has 0 heterocycles. The fraction of sp³-hybridized carbons (Fsp3) is 0.571. The van der Waals surface area contributed by atoms with Crippen LogP contribution >= 0.6 is 9.39 Å². The molecule has 0 radical (unpaired) electrons. The number of nitrogens with zero attached hydrogens (tertiary/aromatic N) is 2. The van der Waals surface area contributed by atoms with Crippen LogP contribution in [0.5, 0.6) is 0 Å². The number of hydrogen-bond acceptors (Lipinski definition) is 3. The molecule has 0 aliphatic heterocycles. The fourth-order valence-corrected chi connectivity index (χ4v) is 0.911. The van der Waals surface area contributed by atoms with Gasteiger partial charge in [-0.3, -0.25) is 14.3 Å². The zero-order valence-electron chi connectivity index (χ0n) is 7.49. The molecule has 0 saturated carbocycles. The molecule has 0 aromatic rings. The van der Waals surface area contributed by atoms with Gasteiger partial charge in [0.25, 0.3) is 5.91 Å². The van der Waals surface area contributed by atoms with Crippen molar-refractivity contribution in [1.29, 1.82) is 0 Å². The molecule has 1 atom stereocenters. The first-order valence-electron chi connectivity index (χ1n) is 3.53. The van der Waals surface area contributed by atoms with E-state index in [1.54, 1.807) is 17.8 Å². The number of hydroxylamine groups is 2. The molecule has 0 saturated heterocycles. The first kappa shape index (κ1) is 11.6. The van der Waals surface area contributed by atoms with Crippen LogP contribution in [0.2, 0.25) is 0 Å². The summed E-state index contributed by atoms with van der Waals surface area (Å²) in [7, 11) is 5.48. The highest BCUT2D eigenvalue weighted by Gasteiger charge is 2.09. The van der Waals surface area contributed by atoms with Crippen LogP contribution in [-0.2, 0) is 9.63 Å². The van der Waals surface area contributed by atoms with E-state index in [-0.39, 0.29) is 5.91 Å². The van der Waals surface area contributed by atoms with E-state index in [1.165, 1.54) is 12.2 Å². The smallest absolute Gasteiger partial charge is 0.260 e. The van der Waals surface area contributed by atoms with E-state index in [4.69, 9.17) is 4.84 Å². The van der Waals surface area contributed by atoms with Crippen molar-refractivity contribution in [2.75, 3.05) is 27.2 Å². The van der Waals surface area contributed by atoms with Crippen LogP contribution in [0.3, 0.4) is 0 Å². The minimum Gasteiger partial charge on any atom is -0.275 e. The molecule has 0 bridgehead atoms. The Labute approximate surface area is 75.4 Å². The maximum absolute atomic E-state index is 11.2. The normalized spacial score (nSPS) is 10.0. The second-order valence-electron chi connectivity index (χ2n) is 2.29. The van der Waals surface area contributed by atoms with Gasteiger partial charge < -0.3 is 0 Å². The van der Waals surface area contributed by atoms with Gasteiger partial charge in [-0.1, -0.05) is 15.5 Å². The third-order valence-corrected chi connectivity index (χ3v) is 1.72. The van der Waals surface area contributed by atoms with Gasteiger partial charge in [-0.05, 0) is 0 Å². The Hall–Kier alpha value is -0.440. The van der Waals surface area contributed by atoms with E-state index in [9.17, 15) is 4.79 Å².